The van der Waals surface area contributed by atoms with E-state index in [1.54, 1.807) is 0 Å². The van der Waals surface area contributed by atoms with Gasteiger partial charge >= 0.3 is 11.9 Å². The van der Waals surface area contributed by atoms with E-state index in [0.717, 1.165) is 121 Å². The van der Waals surface area contributed by atoms with Crippen LogP contribution in [-0.2, 0) is 19.1 Å². The number of hydrogen-bond donors (Lipinski definition) is 1. The molecule has 0 radical (unpaired) electrons. The predicted molar refractivity (Wildman–Crippen MR) is 267 cm³/mol. The Morgan fingerprint density at radius 3 is 1.07 bits per heavy atom. The molecule has 0 heterocycles. The Morgan fingerprint density at radius 2 is 0.700 bits per heavy atom. The van der Waals surface area contributed by atoms with Crippen LogP contribution in [0.15, 0.2) is 0 Å². The molecule has 0 rings (SSSR count). The number of ether oxygens (including phenoxy) is 2. The average molecular weight is 887 g/mol. The minimum absolute atomic E-state index is 0.00434. The summed E-state index contributed by atoms with van der Waals surface area (Å²) in [5.41, 5.74) is 0. The fourth-order valence-corrected chi connectivity index (χ4v) is 10.3. The molecule has 0 aromatic carbocycles. The highest BCUT2D eigenvalue weighted by molar-refractivity contribution is 8.00. The van der Waals surface area contributed by atoms with Crippen LogP contribution in [-0.4, -0.2) is 83.4 Å². The maximum absolute atomic E-state index is 13.1. The summed E-state index contributed by atoms with van der Waals surface area (Å²) < 4.78 is 11.7. The molecule has 0 fully saturated rings. The number of aliphatic hydroxyl groups excluding tert-OH is 1. The van der Waals surface area contributed by atoms with Crippen LogP contribution in [0.5, 0.6) is 0 Å². The van der Waals surface area contributed by atoms with Crippen molar-refractivity contribution in [3.8, 4) is 0 Å². The van der Waals surface area contributed by atoms with Gasteiger partial charge in [-0.2, -0.15) is 0 Å². The lowest BCUT2D eigenvalue weighted by Crippen LogP contribution is -2.27. The van der Waals surface area contributed by atoms with Crippen molar-refractivity contribution in [2.24, 2.45) is 0 Å². The van der Waals surface area contributed by atoms with Crippen molar-refractivity contribution in [1.29, 1.82) is 0 Å². The van der Waals surface area contributed by atoms with Crippen molar-refractivity contribution >= 4 is 35.5 Å². The predicted octanol–water partition coefficient (Wildman–Crippen LogP) is 15.7. The van der Waals surface area contributed by atoms with Gasteiger partial charge in [0.2, 0.25) is 0 Å². The molecular weight excluding hydrogens is 783 g/mol. The van der Waals surface area contributed by atoms with Gasteiger partial charge in [-0.1, -0.05) is 195 Å². The highest BCUT2D eigenvalue weighted by Crippen LogP contribution is 2.24. The first-order chi connectivity index (χ1) is 29.5. The summed E-state index contributed by atoms with van der Waals surface area (Å²) in [4.78, 5) is 28.7. The van der Waals surface area contributed by atoms with E-state index in [4.69, 9.17) is 9.47 Å². The van der Waals surface area contributed by atoms with Gasteiger partial charge in [0, 0.05) is 6.61 Å². The number of aliphatic hydroxyl groups is 1. The molecule has 0 aromatic heterocycles. The minimum Gasteiger partial charge on any atom is -0.465 e. The van der Waals surface area contributed by atoms with Gasteiger partial charge in [0.1, 0.15) is 10.5 Å². The Labute approximate surface area is 383 Å². The van der Waals surface area contributed by atoms with E-state index in [1.165, 1.54) is 141 Å². The van der Waals surface area contributed by atoms with Crippen LogP contribution in [0, 0.1) is 0 Å². The zero-order chi connectivity index (χ0) is 43.8. The SMILES string of the molecule is CCCCCCCCCCSC(CCCCCC)C(=O)OCCCCCCN(CCCCO)CCCCCCOC(=O)C(CCCCCC)SCCCCCCCCCC. The summed E-state index contributed by atoms with van der Waals surface area (Å²) in [5, 5.41) is 9.37. The van der Waals surface area contributed by atoms with Gasteiger partial charge in [0.05, 0.1) is 13.2 Å². The van der Waals surface area contributed by atoms with Crippen molar-refractivity contribution in [3.05, 3.63) is 0 Å². The van der Waals surface area contributed by atoms with Crippen LogP contribution in [0.1, 0.15) is 259 Å². The van der Waals surface area contributed by atoms with E-state index in [-0.39, 0.29) is 29.0 Å². The maximum atomic E-state index is 13.1. The number of hydrogen-bond acceptors (Lipinski definition) is 8. The van der Waals surface area contributed by atoms with Crippen LogP contribution in [0.4, 0.5) is 0 Å². The lowest BCUT2D eigenvalue weighted by Gasteiger charge is -2.22. The first-order valence-electron chi connectivity index (χ1n) is 26.4. The van der Waals surface area contributed by atoms with Gasteiger partial charge in [-0.25, -0.2) is 0 Å². The third kappa shape index (κ3) is 41.6. The summed E-state index contributed by atoms with van der Waals surface area (Å²) >= 11 is 3.70. The molecule has 2 unspecified atom stereocenters. The molecule has 1 N–H and O–H groups in total. The number of rotatable bonds is 50. The van der Waals surface area contributed by atoms with Gasteiger partial charge < -0.3 is 19.5 Å². The largest absolute Gasteiger partial charge is 0.465 e. The van der Waals surface area contributed by atoms with Gasteiger partial charge in [-0.05, 0) is 95.3 Å². The molecule has 8 heteroatoms. The average Bonchev–Trinajstić information content (AvgIpc) is 3.25. The topological polar surface area (TPSA) is 76.1 Å². The smallest absolute Gasteiger partial charge is 0.319 e. The lowest BCUT2D eigenvalue weighted by atomic mass is 10.1. The van der Waals surface area contributed by atoms with Crippen molar-refractivity contribution in [3.63, 3.8) is 0 Å². The lowest BCUT2D eigenvalue weighted by molar-refractivity contribution is -0.144. The zero-order valence-electron chi connectivity index (χ0n) is 40.6. The second-order valence-electron chi connectivity index (χ2n) is 17.8. The molecule has 0 saturated heterocycles. The molecule has 0 bridgehead atoms. The van der Waals surface area contributed by atoms with Gasteiger partial charge in [-0.3, -0.25) is 9.59 Å². The van der Waals surface area contributed by atoms with E-state index in [2.05, 4.69) is 32.6 Å². The first-order valence-corrected chi connectivity index (χ1v) is 28.5. The first kappa shape index (κ1) is 59.6. The Morgan fingerprint density at radius 1 is 0.400 bits per heavy atom. The van der Waals surface area contributed by atoms with Crippen LogP contribution in [0.25, 0.3) is 0 Å². The number of carbonyl (C=O) groups is 2. The number of thioether (sulfide) groups is 2. The van der Waals surface area contributed by atoms with Gasteiger partial charge in [0.25, 0.3) is 0 Å². The Kier molecular flexibility index (Phi) is 49.2. The summed E-state index contributed by atoms with van der Waals surface area (Å²) in [6, 6.07) is 0. The molecule has 0 aliphatic carbocycles. The highest BCUT2D eigenvalue weighted by Gasteiger charge is 2.21. The molecule has 2 atom stereocenters. The van der Waals surface area contributed by atoms with Crippen molar-refractivity contribution in [2.75, 3.05) is 51.0 Å². The summed E-state index contributed by atoms with van der Waals surface area (Å²) in [7, 11) is 0. The Bertz CT molecular complexity index is 815. The van der Waals surface area contributed by atoms with Crippen LogP contribution in [0.2, 0.25) is 0 Å². The molecule has 358 valence electrons. The van der Waals surface area contributed by atoms with E-state index >= 15 is 0 Å². The van der Waals surface area contributed by atoms with Crippen LogP contribution < -0.4 is 0 Å². The molecule has 6 nitrogen and oxygen atoms in total. The standard InChI is InChI=1S/C52H103NO5S2/c1-5-9-13-17-19-21-27-37-47-59-49(39-29-15-11-7-3)51(55)57-45-35-25-23-31-41-53(43-33-34-44-54)42-32-24-26-36-46-58-52(56)50(40-30-16-12-8-4)60-48-38-28-22-20-18-14-10-6-2/h49-50,54H,5-48H2,1-4H3. The van der Waals surface area contributed by atoms with E-state index in [1.807, 2.05) is 23.5 Å². The number of esters is 2. The number of nitrogens with zero attached hydrogens (tertiary/aromatic N) is 1. The zero-order valence-corrected chi connectivity index (χ0v) is 42.2. The molecule has 0 aliphatic rings. The van der Waals surface area contributed by atoms with Crippen LogP contribution >= 0.6 is 23.5 Å². The quantitative estimate of drug-likeness (QED) is 0.0478. The van der Waals surface area contributed by atoms with E-state index in [9.17, 15) is 14.7 Å². The molecule has 0 aromatic rings. The molecule has 0 aliphatic heterocycles. The molecule has 60 heavy (non-hydrogen) atoms. The van der Waals surface area contributed by atoms with Gasteiger partial charge in [-0.15, -0.1) is 23.5 Å². The second kappa shape index (κ2) is 49.6. The fourth-order valence-electron chi connectivity index (χ4n) is 7.87. The minimum atomic E-state index is 0.00434. The van der Waals surface area contributed by atoms with E-state index < -0.39 is 0 Å². The third-order valence-corrected chi connectivity index (χ3v) is 14.6. The Balaban J connectivity index is 4.38. The normalized spacial score (nSPS) is 12.6. The molecule has 0 amide bonds. The van der Waals surface area contributed by atoms with Crippen molar-refractivity contribution in [1.82, 2.24) is 4.90 Å². The molecule has 0 saturated carbocycles. The number of carbonyl (C=O) groups excluding carboxylic acids is 2. The summed E-state index contributed by atoms with van der Waals surface area (Å²) in [6.45, 7) is 13.6. The summed E-state index contributed by atoms with van der Waals surface area (Å²) in [5.74, 6) is 2.19. The fraction of sp³-hybridized carbons (Fsp3) is 0.962. The van der Waals surface area contributed by atoms with Crippen molar-refractivity contribution < 1.29 is 24.2 Å². The maximum Gasteiger partial charge on any atom is 0.319 e. The second-order valence-corrected chi connectivity index (χ2v) is 20.4. The Hall–Kier alpha value is -0.440. The van der Waals surface area contributed by atoms with Crippen LogP contribution in [0.3, 0.4) is 0 Å². The number of unbranched alkanes of at least 4 members (excludes halogenated alkanes) is 27. The summed E-state index contributed by atoms with van der Waals surface area (Å²) in [6.07, 6.45) is 43.4. The molecule has 0 spiro atoms. The third-order valence-electron chi connectivity index (χ3n) is 11.9. The monoisotopic (exact) mass is 886 g/mol. The van der Waals surface area contributed by atoms with Gasteiger partial charge in [0.15, 0.2) is 0 Å². The van der Waals surface area contributed by atoms with Crippen molar-refractivity contribution in [2.45, 2.75) is 269 Å². The highest BCUT2D eigenvalue weighted by atomic mass is 32.2. The van der Waals surface area contributed by atoms with E-state index in [0.29, 0.717) is 13.2 Å². The molecular formula is C52H103NO5S2.